The van der Waals surface area contributed by atoms with Crippen LogP contribution in [0.1, 0.15) is 46.0 Å². The highest BCUT2D eigenvalue weighted by molar-refractivity contribution is 6.20. The zero-order valence-electron chi connectivity index (χ0n) is 9.76. The maximum atomic E-state index is 11.6. The van der Waals surface area contributed by atoms with E-state index < -0.39 is 0 Å². The van der Waals surface area contributed by atoms with Crippen molar-refractivity contribution in [3.63, 3.8) is 0 Å². The van der Waals surface area contributed by atoms with Gasteiger partial charge in [0.1, 0.15) is 0 Å². The van der Waals surface area contributed by atoms with Crippen LogP contribution in [0.2, 0.25) is 0 Å². The molecule has 1 amide bonds. The Morgan fingerprint density at radius 2 is 2.27 bits per heavy atom. The topological polar surface area (TPSA) is 29.1 Å². The quantitative estimate of drug-likeness (QED) is 0.725. The van der Waals surface area contributed by atoms with E-state index in [9.17, 15) is 4.79 Å². The van der Waals surface area contributed by atoms with Crippen molar-refractivity contribution in [3.8, 4) is 0 Å². The average Bonchev–Trinajstić information content (AvgIpc) is 2.61. The predicted molar refractivity (Wildman–Crippen MR) is 64.1 cm³/mol. The monoisotopic (exact) mass is 231 g/mol. The van der Waals surface area contributed by atoms with E-state index in [-0.39, 0.29) is 11.8 Å². The smallest absolute Gasteiger partial charge is 0.222 e. The first-order valence-electron chi connectivity index (χ1n) is 6.05. The normalized spacial score (nSPS) is 27.7. The molecule has 88 valence electrons. The first-order valence-corrected chi connectivity index (χ1v) is 6.48. The van der Waals surface area contributed by atoms with Crippen molar-refractivity contribution in [2.45, 2.75) is 51.3 Å². The molecule has 3 atom stereocenters. The molecule has 1 aliphatic carbocycles. The highest BCUT2D eigenvalue weighted by atomic mass is 35.5. The number of carbonyl (C=O) groups is 1. The van der Waals surface area contributed by atoms with Gasteiger partial charge in [-0.2, -0.15) is 0 Å². The Morgan fingerprint density at radius 1 is 1.53 bits per heavy atom. The zero-order chi connectivity index (χ0) is 11.3. The van der Waals surface area contributed by atoms with Crippen molar-refractivity contribution in [2.24, 2.45) is 11.8 Å². The van der Waals surface area contributed by atoms with Crippen LogP contribution in [-0.4, -0.2) is 17.8 Å². The first kappa shape index (κ1) is 12.8. The van der Waals surface area contributed by atoms with Crippen LogP contribution in [-0.2, 0) is 4.79 Å². The van der Waals surface area contributed by atoms with E-state index in [4.69, 9.17) is 11.6 Å². The van der Waals surface area contributed by atoms with Crippen molar-refractivity contribution >= 4 is 17.5 Å². The summed E-state index contributed by atoms with van der Waals surface area (Å²) in [4.78, 5) is 11.6. The Balaban J connectivity index is 2.16. The Hall–Kier alpha value is -0.240. The van der Waals surface area contributed by atoms with Crippen molar-refractivity contribution < 1.29 is 4.79 Å². The molecule has 0 aromatic heterocycles. The third-order valence-electron chi connectivity index (χ3n) is 3.21. The summed E-state index contributed by atoms with van der Waals surface area (Å²) in [6.07, 6.45) is 5.38. The second kappa shape index (κ2) is 6.37. The van der Waals surface area contributed by atoms with Crippen molar-refractivity contribution in [3.05, 3.63) is 0 Å². The molecule has 1 saturated carbocycles. The van der Waals surface area contributed by atoms with Crippen molar-refractivity contribution in [1.29, 1.82) is 0 Å². The summed E-state index contributed by atoms with van der Waals surface area (Å²) < 4.78 is 0. The Kier molecular flexibility index (Phi) is 5.44. The van der Waals surface area contributed by atoms with Crippen LogP contribution in [0.25, 0.3) is 0 Å². The Bertz CT molecular complexity index is 208. The number of hydrogen-bond donors (Lipinski definition) is 1. The fraction of sp³-hybridized carbons (Fsp3) is 0.917. The lowest BCUT2D eigenvalue weighted by Crippen LogP contribution is -2.32. The number of carbonyl (C=O) groups excluding carboxylic acids is 1. The largest absolute Gasteiger partial charge is 0.356 e. The van der Waals surface area contributed by atoms with Gasteiger partial charge >= 0.3 is 0 Å². The van der Waals surface area contributed by atoms with Crippen molar-refractivity contribution in [2.75, 3.05) is 6.54 Å². The van der Waals surface area contributed by atoms with E-state index in [0.29, 0.717) is 11.3 Å². The molecule has 0 aromatic carbocycles. The average molecular weight is 232 g/mol. The van der Waals surface area contributed by atoms with Gasteiger partial charge < -0.3 is 5.32 Å². The van der Waals surface area contributed by atoms with E-state index in [2.05, 4.69) is 12.2 Å². The summed E-state index contributed by atoms with van der Waals surface area (Å²) in [5.41, 5.74) is 0. The Labute approximate surface area is 97.8 Å². The van der Waals surface area contributed by atoms with Gasteiger partial charge in [0.15, 0.2) is 0 Å². The van der Waals surface area contributed by atoms with Gasteiger partial charge in [0.05, 0.1) is 0 Å². The molecular weight excluding hydrogens is 210 g/mol. The number of hydrogen-bond acceptors (Lipinski definition) is 1. The van der Waals surface area contributed by atoms with Gasteiger partial charge in [-0.3, -0.25) is 4.79 Å². The van der Waals surface area contributed by atoms with Gasteiger partial charge in [-0.1, -0.05) is 20.3 Å². The molecule has 1 aliphatic rings. The summed E-state index contributed by atoms with van der Waals surface area (Å²) in [6.45, 7) is 4.92. The number of halogens is 1. The van der Waals surface area contributed by atoms with Crippen LogP contribution in [0, 0.1) is 11.8 Å². The minimum atomic E-state index is 0.156. The van der Waals surface area contributed by atoms with Gasteiger partial charge in [0.25, 0.3) is 0 Å². The lowest BCUT2D eigenvalue weighted by atomic mass is 10.0. The summed E-state index contributed by atoms with van der Waals surface area (Å²) in [6, 6.07) is 0. The van der Waals surface area contributed by atoms with Crippen LogP contribution < -0.4 is 5.32 Å². The molecule has 15 heavy (non-hydrogen) atoms. The molecule has 2 nitrogen and oxygen atoms in total. The number of alkyl halides is 1. The third-order valence-corrected chi connectivity index (χ3v) is 3.61. The zero-order valence-corrected chi connectivity index (χ0v) is 10.5. The summed E-state index contributed by atoms with van der Waals surface area (Å²) >= 11 is 6.02. The van der Waals surface area contributed by atoms with E-state index in [1.54, 1.807) is 0 Å². The highest BCUT2D eigenvalue weighted by Gasteiger charge is 2.23. The van der Waals surface area contributed by atoms with Crippen LogP contribution in [0.4, 0.5) is 0 Å². The second-order valence-corrected chi connectivity index (χ2v) is 5.33. The minimum absolute atomic E-state index is 0.156. The van der Waals surface area contributed by atoms with Crippen LogP contribution in [0.15, 0.2) is 0 Å². The molecule has 1 fully saturated rings. The SMILES string of the molecule is CCCC(C)C(=O)NCC1CCC(Cl)C1. The third kappa shape index (κ3) is 4.42. The molecule has 1 N–H and O–H groups in total. The Morgan fingerprint density at radius 3 is 2.80 bits per heavy atom. The maximum absolute atomic E-state index is 11.6. The van der Waals surface area contributed by atoms with Crippen LogP contribution in [0.3, 0.4) is 0 Å². The molecule has 0 spiro atoms. The fourth-order valence-corrected chi connectivity index (χ4v) is 2.56. The lowest BCUT2D eigenvalue weighted by molar-refractivity contribution is -0.124. The predicted octanol–water partition coefficient (Wildman–Crippen LogP) is 2.95. The standard InChI is InChI=1S/C12H22ClNO/c1-3-4-9(2)12(15)14-8-10-5-6-11(13)7-10/h9-11H,3-8H2,1-2H3,(H,14,15). The molecular formula is C12H22ClNO. The molecule has 0 aromatic rings. The fourth-order valence-electron chi connectivity index (χ4n) is 2.18. The van der Waals surface area contributed by atoms with Gasteiger partial charge in [0.2, 0.25) is 5.91 Å². The molecule has 3 heteroatoms. The molecule has 0 heterocycles. The van der Waals surface area contributed by atoms with Crippen LogP contribution in [0.5, 0.6) is 0 Å². The van der Waals surface area contributed by atoms with Gasteiger partial charge in [-0.05, 0) is 31.6 Å². The van der Waals surface area contributed by atoms with E-state index in [0.717, 1.165) is 38.6 Å². The van der Waals surface area contributed by atoms with Crippen LogP contribution >= 0.6 is 11.6 Å². The van der Waals surface area contributed by atoms with Gasteiger partial charge in [0, 0.05) is 17.8 Å². The molecule has 1 rings (SSSR count). The molecule has 0 radical (unpaired) electrons. The summed E-state index contributed by atoms with van der Waals surface area (Å²) in [7, 11) is 0. The lowest BCUT2D eigenvalue weighted by Gasteiger charge is -2.14. The van der Waals surface area contributed by atoms with Gasteiger partial charge in [-0.15, -0.1) is 11.6 Å². The summed E-state index contributed by atoms with van der Waals surface area (Å²) in [5, 5.41) is 3.37. The number of nitrogens with one attached hydrogen (secondary N) is 1. The second-order valence-electron chi connectivity index (χ2n) is 4.71. The van der Waals surface area contributed by atoms with Crippen molar-refractivity contribution in [1.82, 2.24) is 5.32 Å². The minimum Gasteiger partial charge on any atom is -0.356 e. The molecule has 0 saturated heterocycles. The molecule has 0 aliphatic heterocycles. The summed E-state index contributed by atoms with van der Waals surface area (Å²) in [5.74, 6) is 0.961. The number of rotatable bonds is 5. The van der Waals surface area contributed by atoms with Gasteiger partial charge in [-0.25, -0.2) is 0 Å². The molecule has 3 unspecified atom stereocenters. The maximum Gasteiger partial charge on any atom is 0.222 e. The van der Waals surface area contributed by atoms with E-state index >= 15 is 0 Å². The van der Waals surface area contributed by atoms with E-state index in [1.165, 1.54) is 0 Å². The first-order chi connectivity index (χ1) is 7.13. The highest BCUT2D eigenvalue weighted by Crippen LogP contribution is 2.28. The number of amides is 1. The van der Waals surface area contributed by atoms with E-state index in [1.807, 2.05) is 6.92 Å². The molecule has 0 bridgehead atoms.